The van der Waals surface area contributed by atoms with Gasteiger partial charge < -0.3 is 4.90 Å². The van der Waals surface area contributed by atoms with Gasteiger partial charge in [-0.3, -0.25) is 4.57 Å². The van der Waals surface area contributed by atoms with E-state index in [4.69, 9.17) is 4.98 Å². The Hall–Kier alpha value is -1.97. The Labute approximate surface area is 163 Å². The second-order valence-electron chi connectivity index (χ2n) is 7.11. The predicted molar refractivity (Wildman–Crippen MR) is 109 cm³/mol. The number of hydrogen-bond acceptors (Lipinski definition) is 6. The fourth-order valence-corrected chi connectivity index (χ4v) is 5.51. The first-order valence-corrected chi connectivity index (χ1v) is 11.6. The van der Waals surface area contributed by atoms with E-state index in [9.17, 15) is 8.42 Å². The molecule has 1 aliphatic heterocycles. The number of pyridine rings is 1. The lowest BCUT2D eigenvalue weighted by Crippen LogP contribution is -2.44. The normalized spacial score (nSPS) is 16.3. The average Bonchev–Trinajstić information content (AvgIpc) is 3.16. The molecular weight excluding hydrogens is 382 g/mol. The molecule has 0 amide bonds. The van der Waals surface area contributed by atoms with Crippen LogP contribution in [0.3, 0.4) is 0 Å². The summed E-state index contributed by atoms with van der Waals surface area (Å²) in [5.41, 5.74) is 3.24. The van der Waals surface area contributed by atoms with Crippen molar-refractivity contribution in [3.8, 4) is 5.13 Å². The Morgan fingerprint density at radius 2 is 1.85 bits per heavy atom. The zero-order valence-corrected chi connectivity index (χ0v) is 17.3. The number of hydrogen-bond donors (Lipinski definition) is 1. The lowest BCUT2D eigenvalue weighted by atomic mass is 10.1. The van der Waals surface area contributed by atoms with E-state index in [0.717, 1.165) is 47.1 Å². The summed E-state index contributed by atoms with van der Waals surface area (Å²) >= 11 is 1.66. The van der Waals surface area contributed by atoms with Gasteiger partial charge in [0.05, 0.1) is 17.2 Å². The van der Waals surface area contributed by atoms with Crippen LogP contribution in [0.25, 0.3) is 15.3 Å². The highest BCUT2D eigenvalue weighted by Crippen LogP contribution is 2.30. The summed E-state index contributed by atoms with van der Waals surface area (Å²) in [5, 5.41) is 0.958. The van der Waals surface area contributed by atoms with E-state index in [1.54, 1.807) is 11.3 Å². The highest BCUT2D eigenvalue weighted by atomic mass is 32.2. The van der Waals surface area contributed by atoms with Gasteiger partial charge in [-0.1, -0.05) is 11.3 Å². The van der Waals surface area contributed by atoms with Crippen LogP contribution in [0.2, 0.25) is 0 Å². The number of piperidine rings is 1. The molecular formula is C18H23N5O2S2. The minimum atomic E-state index is -3.15. The molecule has 3 aromatic rings. The van der Waals surface area contributed by atoms with Crippen LogP contribution in [-0.2, 0) is 10.0 Å². The van der Waals surface area contributed by atoms with Crippen LogP contribution in [0.15, 0.2) is 24.4 Å². The Balaban J connectivity index is 1.54. The first kappa shape index (κ1) is 18.4. The van der Waals surface area contributed by atoms with Gasteiger partial charge in [0.1, 0.15) is 11.3 Å². The van der Waals surface area contributed by atoms with Crippen molar-refractivity contribution in [2.24, 2.45) is 0 Å². The molecule has 0 aromatic carbocycles. The molecule has 9 heteroatoms. The van der Waals surface area contributed by atoms with E-state index in [2.05, 4.69) is 51.2 Å². The van der Waals surface area contributed by atoms with Crippen molar-refractivity contribution in [2.75, 3.05) is 24.2 Å². The van der Waals surface area contributed by atoms with E-state index in [1.165, 1.54) is 17.6 Å². The van der Waals surface area contributed by atoms with E-state index in [1.807, 2.05) is 6.20 Å². The Bertz CT molecular complexity index is 1060. The summed E-state index contributed by atoms with van der Waals surface area (Å²) in [6, 6.07) is 6.30. The van der Waals surface area contributed by atoms with Gasteiger partial charge in [-0.2, -0.15) is 0 Å². The number of aromatic nitrogens is 3. The molecule has 7 nitrogen and oxygen atoms in total. The molecule has 144 valence electrons. The SMILES string of the molecule is Cc1ccc(C)n1-c1nc2cnc(N3CCC(NS(C)(=O)=O)CC3)cc2s1. The Kier molecular flexibility index (Phi) is 4.69. The topological polar surface area (TPSA) is 80.1 Å². The number of nitrogens with zero attached hydrogens (tertiary/aromatic N) is 4. The molecule has 0 aliphatic carbocycles. The van der Waals surface area contributed by atoms with Crippen LogP contribution in [0.5, 0.6) is 0 Å². The van der Waals surface area contributed by atoms with Gasteiger partial charge in [0, 0.05) is 36.6 Å². The predicted octanol–water partition coefficient (Wildman–Crippen LogP) is 2.62. The van der Waals surface area contributed by atoms with Crippen molar-refractivity contribution >= 4 is 37.4 Å². The number of aryl methyl sites for hydroxylation is 2. The van der Waals surface area contributed by atoms with E-state index in [0.29, 0.717) is 0 Å². The minimum Gasteiger partial charge on any atom is -0.356 e. The van der Waals surface area contributed by atoms with Crippen LogP contribution in [0.1, 0.15) is 24.2 Å². The fraction of sp³-hybridized carbons (Fsp3) is 0.444. The average molecular weight is 406 g/mol. The number of thiazole rings is 1. The molecule has 3 aromatic heterocycles. The number of rotatable bonds is 4. The Morgan fingerprint density at radius 1 is 1.19 bits per heavy atom. The third-order valence-corrected chi connectivity index (χ3v) is 6.68. The first-order chi connectivity index (χ1) is 12.8. The monoisotopic (exact) mass is 405 g/mol. The van der Waals surface area contributed by atoms with E-state index in [-0.39, 0.29) is 6.04 Å². The molecule has 0 unspecified atom stereocenters. The van der Waals surface area contributed by atoms with E-state index < -0.39 is 10.0 Å². The fourth-order valence-electron chi connectivity index (χ4n) is 3.58. The second-order valence-corrected chi connectivity index (χ2v) is 9.90. The molecule has 4 heterocycles. The number of anilines is 1. The molecule has 4 rings (SSSR count). The van der Waals surface area contributed by atoms with Crippen LogP contribution in [-0.4, -0.2) is 48.3 Å². The lowest BCUT2D eigenvalue weighted by Gasteiger charge is -2.32. The van der Waals surface area contributed by atoms with Gasteiger partial charge in [-0.05, 0) is 38.8 Å². The van der Waals surface area contributed by atoms with Crippen LogP contribution < -0.4 is 9.62 Å². The van der Waals surface area contributed by atoms with Crippen molar-refractivity contribution in [3.05, 3.63) is 35.8 Å². The number of sulfonamides is 1. The molecule has 1 fully saturated rings. The van der Waals surface area contributed by atoms with Crippen molar-refractivity contribution < 1.29 is 8.42 Å². The highest BCUT2D eigenvalue weighted by molar-refractivity contribution is 7.88. The zero-order chi connectivity index (χ0) is 19.2. The number of fused-ring (bicyclic) bond motifs is 1. The molecule has 1 N–H and O–H groups in total. The molecule has 0 radical (unpaired) electrons. The largest absolute Gasteiger partial charge is 0.356 e. The van der Waals surface area contributed by atoms with Gasteiger partial charge in [-0.25, -0.2) is 23.1 Å². The van der Waals surface area contributed by atoms with Crippen molar-refractivity contribution in [1.29, 1.82) is 0 Å². The maximum absolute atomic E-state index is 11.4. The molecule has 0 bridgehead atoms. The van der Waals surface area contributed by atoms with Crippen molar-refractivity contribution in [3.63, 3.8) is 0 Å². The summed E-state index contributed by atoms with van der Waals surface area (Å²) in [6.45, 7) is 5.73. The molecule has 27 heavy (non-hydrogen) atoms. The molecule has 0 atom stereocenters. The third kappa shape index (κ3) is 3.85. The second kappa shape index (κ2) is 6.88. The highest BCUT2D eigenvalue weighted by Gasteiger charge is 2.23. The van der Waals surface area contributed by atoms with Crippen molar-refractivity contribution in [2.45, 2.75) is 32.7 Å². The first-order valence-electron chi connectivity index (χ1n) is 8.94. The quantitative estimate of drug-likeness (QED) is 0.722. The van der Waals surface area contributed by atoms with Crippen LogP contribution in [0, 0.1) is 13.8 Å². The third-order valence-electron chi connectivity index (χ3n) is 4.91. The standard InChI is InChI=1S/C18H23N5O2S2/c1-12-4-5-13(2)23(12)18-20-15-11-19-17(10-16(15)26-18)22-8-6-14(7-9-22)21-27(3,24)25/h4-5,10-11,14,21H,6-9H2,1-3H3. The maximum Gasteiger partial charge on any atom is 0.208 e. The summed E-state index contributed by atoms with van der Waals surface area (Å²) in [6.07, 6.45) is 4.61. The molecule has 0 saturated carbocycles. The van der Waals surface area contributed by atoms with Crippen molar-refractivity contribution in [1.82, 2.24) is 19.3 Å². The molecule has 1 aliphatic rings. The van der Waals surface area contributed by atoms with Gasteiger partial charge in [0.25, 0.3) is 0 Å². The summed E-state index contributed by atoms with van der Waals surface area (Å²) in [5.74, 6) is 0.927. The van der Waals surface area contributed by atoms with Crippen LogP contribution in [0.4, 0.5) is 5.82 Å². The van der Waals surface area contributed by atoms with Gasteiger partial charge in [0.2, 0.25) is 10.0 Å². The van der Waals surface area contributed by atoms with Gasteiger partial charge in [-0.15, -0.1) is 0 Å². The summed E-state index contributed by atoms with van der Waals surface area (Å²) < 4.78 is 28.8. The maximum atomic E-state index is 11.4. The molecule has 1 saturated heterocycles. The zero-order valence-electron chi connectivity index (χ0n) is 15.6. The number of nitrogens with one attached hydrogen (secondary N) is 1. The summed E-state index contributed by atoms with van der Waals surface area (Å²) in [4.78, 5) is 11.5. The van der Waals surface area contributed by atoms with Gasteiger partial charge >= 0.3 is 0 Å². The Morgan fingerprint density at radius 3 is 2.48 bits per heavy atom. The van der Waals surface area contributed by atoms with Gasteiger partial charge in [0.15, 0.2) is 5.13 Å². The smallest absolute Gasteiger partial charge is 0.208 e. The van der Waals surface area contributed by atoms with Crippen LogP contribution >= 0.6 is 11.3 Å². The minimum absolute atomic E-state index is 0.00896. The van der Waals surface area contributed by atoms with E-state index >= 15 is 0 Å². The lowest BCUT2D eigenvalue weighted by molar-refractivity contribution is 0.460. The summed E-state index contributed by atoms with van der Waals surface area (Å²) in [7, 11) is -3.15. The molecule has 0 spiro atoms.